The fourth-order valence-corrected chi connectivity index (χ4v) is 1.26. The molecule has 0 saturated carbocycles. The predicted molar refractivity (Wildman–Crippen MR) is 60.1 cm³/mol. The van der Waals surface area contributed by atoms with Gasteiger partial charge < -0.3 is 14.2 Å². The Kier molecular flexibility index (Phi) is 6.98. The third kappa shape index (κ3) is 8.85. The van der Waals surface area contributed by atoms with Crippen LogP contribution in [0.15, 0.2) is 0 Å². The van der Waals surface area contributed by atoms with Crippen LogP contribution in [0, 0.1) is 0 Å². The van der Waals surface area contributed by atoms with Crippen LogP contribution in [-0.4, -0.2) is 38.6 Å². The Balaban J connectivity index is 0.000000151. The Hall–Kier alpha value is -0.120. The van der Waals surface area contributed by atoms with Crippen LogP contribution in [0.5, 0.6) is 0 Å². The molecule has 2 atom stereocenters. The summed E-state index contributed by atoms with van der Waals surface area (Å²) in [6.07, 6.45) is 6.19. The van der Waals surface area contributed by atoms with E-state index < -0.39 is 0 Å². The maximum Gasteiger partial charge on any atom is 0.0831 e. The van der Waals surface area contributed by atoms with E-state index in [-0.39, 0.29) is 0 Å². The SMILES string of the molecule is CCCCC1CO1.CCOCCC1CO1. The molecule has 15 heavy (non-hydrogen) atoms. The van der Waals surface area contributed by atoms with Crippen LogP contribution in [0.1, 0.15) is 39.5 Å². The van der Waals surface area contributed by atoms with Crippen molar-refractivity contribution in [2.24, 2.45) is 0 Å². The maximum atomic E-state index is 5.10. The fraction of sp³-hybridized carbons (Fsp3) is 1.00. The van der Waals surface area contributed by atoms with Crippen molar-refractivity contribution in [1.82, 2.24) is 0 Å². The van der Waals surface area contributed by atoms with Crippen molar-refractivity contribution in [3.8, 4) is 0 Å². The van der Waals surface area contributed by atoms with Gasteiger partial charge in [0.05, 0.1) is 25.4 Å². The van der Waals surface area contributed by atoms with Crippen LogP contribution >= 0.6 is 0 Å². The van der Waals surface area contributed by atoms with Gasteiger partial charge in [0, 0.05) is 13.2 Å². The molecule has 0 radical (unpaired) electrons. The zero-order chi connectivity index (χ0) is 10.9. The van der Waals surface area contributed by atoms with Gasteiger partial charge in [0.2, 0.25) is 0 Å². The van der Waals surface area contributed by atoms with Crippen LogP contribution < -0.4 is 0 Å². The molecule has 0 aromatic heterocycles. The summed E-state index contributed by atoms with van der Waals surface area (Å²) in [6, 6.07) is 0. The highest BCUT2D eigenvalue weighted by atomic mass is 16.6. The van der Waals surface area contributed by atoms with Crippen molar-refractivity contribution in [3.05, 3.63) is 0 Å². The third-order valence-electron chi connectivity index (χ3n) is 2.47. The van der Waals surface area contributed by atoms with Gasteiger partial charge in [-0.2, -0.15) is 0 Å². The minimum atomic E-state index is 0.529. The predicted octanol–water partition coefficient (Wildman–Crippen LogP) is 2.39. The fourth-order valence-electron chi connectivity index (χ4n) is 1.26. The lowest BCUT2D eigenvalue weighted by Crippen LogP contribution is -1.96. The zero-order valence-corrected chi connectivity index (χ0v) is 10.0. The molecule has 3 nitrogen and oxygen atoms in total. The topological polar surface area (TPSA) is 34.3 Å². The lowest BCUT2D eigenvalue weighted by molar-refractivity contribution is 0.138. The van der Waals surface area contributed by atoms with E-state index in [0.717, 1.165) is 32.8 Å². The van der Waals surface area contributed by atoms with Crippen LogP contribution in [-0.2, 0) is 14.2 Å². The summed E-state index contributed by atoms with van der Waals surface area (Å²) in [4.78, 5) is 0. The van der Waals surface area contributed by atoms with Crippen LogP contribution in [0.25, 0.3) is 0 Å². The first-order valence-corrected chi connectivity index (χ1v) is 6.17. The van der Waals surface area contributed by atoms with Gasteiger partial charge in [-0.05, 0) is 19.8 Å². The molecule has 2 rings (SSSR count). The van der Waals surface area contributed by atoms with Crippen molar-refractivity contribution in [2.45, 2.75) is 51.7 Å². The van der Waals surface area contributed by atoms with E-state index in [1.54, 1.807) is 0 Å². The Morgan fingerprint density at radius 1 is 1.07 bits per heavy atom. The summed E-state index contributed by atoms with van der Waals surface area (Å²) in [5.74, 6) is 0. The second-order valence-corrected chi connectivity index (χ2v) is 4.04. The molecule has 0 aromatic rings. The summed E-state index contributed by atoms with van der Waals surface area (Å²) in [6.45, 7) is 7.89. The third-order valence-corrected chi connectivity index (χ3v) is 2.47. The lowest BCUT2D eigenvalue weighted by atomic mass is 10.2. The highest BCUT2D eigenvalue weighted by Gasteiger charge is 2.21. The normalized spacial score (nSPS) is 26.8. The highest BCUT2D eigenvalue weighted by molar-refractivity contribution is 4.67. The van der Waals surface area contributed by atoms with Gasteiger partial charge in [0.1, 0.15) is 0 Å². The second kappa shape index (κ2) is 8.08. The summed E-state index contributed by atoms with van der Waals surface area (Å²) < 4.78 is 15.1. The second-order valence-electron chi connectivity index (χ2n) is 4.04. The Bertz CT molecular complexity index is 142. The number of unbranched alkanes of at least 4 members (excludes halogenated alkanes) is 1. The van der Waals surface area contributed by atoms with E-state index >= 15 is 0 Å². The molecule has 3 heteroatoms. The van der Waals surface area contributed by atoms with Gasteiger partial charge in [-0.3, -0.25) is 0 Å². The molecule has 2 unspecified atom stereocenters. The van der Waals surface area contributed by atoms with Crippen molar-refractivity contribution in [1.29, 1.82) is 0 Å². The van der Waals surface area contributed by atoms with E-state index in [1.807, 2.05) is 6.92 Å². The molecule has 0 spiro atoms. The van der Waals surface area contributed by atoms with Gasteiger partial charge in [-0.25, -0.2) is 0 Å². The molecule has 0 aromatic carbocycles. The van der Waals surface area contributed by atoms with Crippen LogP contribution in [0.4, 0.5) is 0 Å². The van der Waals surface area contributed by atoms with Crippen molar-refractivity contribution < 1.29 is 14.2 Å². The smallest absolute Gasteiger partial charge is 0.0831 e. The number of hydrogen-bond acceptors (Lipinski definition) is 3. The van der Waals surface area contributed by atoms with Gasteiger partial charge in [-0.15, -0.1) is 0 Å². The minimum Gasteiger partial charge on any atom is -0.382 e. The standard InChI is InChI=1S/C6H12O2.C6H12O/c1-2-7-4-3-6-5-8-6;1-2-3-4-6-5-7-6/h6H,2-5H2,1H3;6H,2-5H2,1H3. The Morgan fingerprint density at radius 3 is 2.13 bits per heavy atom. The van der Waals surface area contributed by atoms with Gasteiger partial charge in [0.25, 0.3) is 0 Å². The van der Waals surface area contributed by atoms with Crippen LogP contribution in [0.2, 0.25) is 0 Å². The highest BCUT2D eigenvalue weighted by Crippen LogP contribution is 2.15. The van der Waals surface area contributed by atoms with Crippen molar-refractivity contribution >= 4 is 0 Å². The largest absolute Gasteiger partial charge is 0.382 e. The Morgan fingerprint density at radius 2 is 1.67 bits per heavy atom. The van der Waals surface area contributed by atoms with E-state index in [2.05, 4.69) is 6.92 Å². The molecule has 0 amide bonds. The first kappa shape index (κ1) is 12.9. The summed E-state index contributed by atoms with van der Waals surface area (Å²) in [5, 5.41) is 0. The first-order chi connectivity index (χ1) is 7.36. The molecule has 2 fully saturated rings. The van der Waals surface area contributed by atoms with Crippen molar-refractivity contribution in [2.75, 3.05) is 26.4 Å². The number of epoxide rings is 2. The molecular formula is C12H24O3. The Labute approximate surface area is 93.1 Å². The monoisotopic (exact) mass is 216 g/mol. The van der Waals surface area contributed by atoms with Gasteiger partial charge >= 0.3 is 0 Å². The average Bonchev–Trinajstić information content (AvgIpc) is 3.11. The molecule has 2 saturated heterocycles. The maximum absolute atomic E-state index is 5.10. The first-order valence-electron chi connectivity index (χ1n) is 6.17. The molecule has 2 aliphatic rings. The molecule has 90 valence electrons. The van der Waals surface area contributed by atoms with Crippen molar-refractivity contribution in [3.63, 3.8) is 0 Å². The summed E-state index contributed by atoms with van der Waals surface area (Å²) >= 11 is 0. The van der Waals surface area contributed by atoms with E-state index in [9.17, 15) is 0 Å². The number of hydrogen-bond donors (Lipinski definition) is 0. The quantitative estimate of drug-likeness (QED) is 0.484. The average molecular weight is 216 g/mol. The lowest BCUT2D eigenvalue weighted by Gasteiger charge is -1.94. The zero-order valence-electron chi connectivity index (χ0n) is 10.0. The van der Waals surface area contributed by atoms with E-state index in [1.165, 1.54) is 19.3 Å². The molecule has 0 bridgehead atoms. The minimum absolute atomic E-state index is 0.529. The van der Waals surface area contributed by atoms with Gasteiger partial charge in [0.15, 0.2) is 0 Å². The molecule has 2 heterocycles. The molecular weight excluding hydrogens is 192 g/mol. The summed E-state index contributed by atoms with van der Waals surface area (Å²) in [5.41, 5.74) is 0. The van der Waals surface area contributed by atoms with Crippen LogP contribution in [0.3, 0.4) is 0 Å². The molecule has 0 aliphatic carbocycles. The van der Waals surface area contributed by atoms with E-state index in [0.29, 0.717) is 12.2 Å². The summed E-state index contributed by atoms with van der Waals surface area (Å²) in [7, 11) is 0. The molecule has 0 N–H and O–H groups in total. The number of ether oxygens (including phenoxy) is 3. The van der Waals surface area contributed by atoms with E-state index in [4.69, 9.17) is 14.2 Å². The molecule has 2 aliphatic heterocycles. The van der Waals surface area contributed by atoms with Gasteiger partial charge in [-0.1, -0.05) is 19.8 Å². The number of rotatable bonds is 7.